The second-order valence-corrected chi connectivity index (χ2v) is 10.2. The highest BCUT2D eigenvalue weighted by atomic mass is 32.2. The molecule has 7 heteroatoms. The van der Waals surface area contributed by atoms with Crippen molar-refractivity contribution in [3.63, 3.8) is 0 Å². The van der Waals surface area contributed by atoms with Crippen LogP contribution >= 0.6 is 12.2 Å². The van der Waals surface area contributed by atoms with E-state index in [0.29, 0.717) is 29.5 Å². The van der Waals surface area contributed by atoms with E-state index in [4.69, 9.17) is 12.2 Å². The molecular weight excluding hydrogens is 330 g/mol. The molecule has 0 bridgehead atoms. The van der Waals surface area contributed by atoms with Crippen LogP contribution in [0.2, 0.25) is 0 Å². The average molecular weight is 361 g/mol. The molecule has 2 aliphatic heterocycles. The van der Waals surface area contributed by atoms with Gasteiger partial charge in [0.2, 0.25) is 0 Å². The number of quaternary nitrogens is 1. The predicted octanol–water partition coefficient (Wildman–Crippen LogP) is -0.173. The van der Waals surface area contributed by atoms with Gasteiger partial charge in [-0.05, 0) is 31.0 Å². The number of nitrogens with zero attached hydrogens (tertiary/aromatic N) is 1. The molecule has 2 saturated heterocycles. The lowest BCUT2D eigenvalue weighted by atomic mass is 9.86. The Hall–Kier alpha value is -0.400. The molecule has 3 aliphatic rings. The molecule has 2 heterocycles. The highest BCUT2D eigenvalue weighted by Crippen LogP contribution is 2.23. The van der Waals surface area contributed by atoms with Crippen molar-refractivity contribution >= 4 is 27.2 Å². The topological polar surface area (TPSA) is 53.9 Å². The molecule has 0 aromatic carbocycles. The largest absolute Gasteiger partial charge is 0.360 e. The van der Waals surface area contributed by atoms with Gasteiger partial charge in [-0.2, -0.15) is 0 Å². The minimum Gasteiger partial charge on any atom is -0.360 e. The van der Waals surface area contributed by atoms with Gasteiger partial charge in [0.1, 0.15) is 11.8 Å². The van der Waals surface area contributed by atoms with E-state index in [2.05, 4.69) is 17.1 Å². The molecule has 0 spiro atoms. The number of piperazine rings is 1. The maximum atomic E-state index is 11.7. The van der Waals surface area contributed by atoms with Crippen LogP contribution in [-0.4, -0.2) is 68.2 Å². The van der Waals surface area contributed by atoms with Gasteiger partial charge in [0.25, 0.3) is 0 Å². The summed E-state index contributed by atoms with van der Waals surface area (Å²) >= 11 is 5.63. The van der Waals surface area contributed by atoms with E-state index < -0.39 is 9.84 Å². The first-order valence-electron chi connectivity index (χ1n) is 9.05. The molecule has 3 fully saturated rings. The molecule has 0 unspecified atom stereocenters. The zero-order valence-corrected chi connectivity index (χ0v) is 15.7. The van der Waals surface area contributed by atoms with Crippen molar-refractivity contribution < 1.29 is 13.3 Å². The van der Waals surface area contributed by atoms with Crippen molar-refractivity contribution in [1.29, 1.82) is 0 Å². The Labute approximate surface area is 145 Å². The molecule has 3 atom stereocenters. The van der Waals surface area contributed by atoms with Crippen LogP contribution in [-0.2, 0) is 9.84 Å². The summed E-state index contributed by atoms with van der Waals surface area (Å²) in [7, 11) is -2.77. The second kappa shape index (κ2) is 7.23. The van der Waals surface area contributed by atoms with Crippen LogP contribution in [0.25, 0.3) is 0 Å². The molecule has 3 rings (SSSR count). The van der Waals surface area contributed by atoms with Gasteiger partial charge >= 0.3 is 0 Å². The Bertz CT molecular complexity index is 529. The Kier molecular flexibility index (Phi) is 5.48. The van der Waals surface area contributed by atoms with E-state index in [9.17, 15) is 8.42 Å². The summed E-state index contributed by atoms with van der Waals surface area (Å²) in [6, 6.07) is 0.837. The third kappa shape index (κ3) is 4.37. The number of hydrogen-bond donors (Lipinski definition) is 2. The lowest BCUT2D eigenvalue weighted by Crippen LogP contribution is -3.18. The van der Waals surface area contributed by atoms with Crippen LogP contribution in [0, 0.1) is 5.92 Å². The van der Waals surface area contributed by atoms with Crippen LogP contribution in [0.3, 0.4) is 0 Å². The molecule has 0 aromatic heterocycles. The average Bonchev–Trinajstić information content (AvgIpc) is 2.90. The smallest absolute Gasteiger partial charge is 0.169 e. The van der Waals surface area contributed by atoms with Crippen molar-refractivity contribution in [2.24, 2.45) is 5.92 Å². The van der Waals surface area contributed by atoms with Gasteiger partial charge in [-0.15, -0.1) is 0 Å². The lowest BCUT2D eigenvalue weighted by Gasteiger charge is -2.38. The van der Waals surface area contributed by atoms with Crippen LogP contribution < -0.4 is 10.2 Å². The summed E-state index contributed by atoms with van der Waals surface area (Å²) in [5.41, 5.74) is 0. The molecule has 0 radical (unpaired) electrons. The SMILES string of the molecule is C[C@@H]1CCCC[C@@H]1NC(=S)N1CC[NH+]([C@@H]2CCS(=O)(=O)C2)CC1. The fourth-order valence-corrected chi connectivity index (χ4v) is 6.46. The Morgan fingerprint density at radius 2 is 1.87 bits per heavy atom. The molecule has 1 saturated carbocycles. The molecular formula is C16H30N3O2S2+. The third-order valence-electron chi connectivity index (χ3n) is 5.92. The molecule has 1 aliphatic carbocycles. The maximum absolute atomic E-state index is 11.7. The quantitative estimate of drug-likeness (QED) is 0.670. The number of hydrogen-bond acceptors (Lipinski definition) is 3. The van der Waals surface area contributed by atoms with Gasteiger partial charge in [-0.1, -0.05) is 19.8 Å². The van der Waals surface area contributed by atoms with E-state index >= 15 is 0 Å². The van der Waals surface area contributed by atoms with E-state index in [1.807, 2.05) is 0 Å². The standard InChI is InChI=1S/C16H29N3O2S2/c1-13-4-2-3-5-15(13)17-16(22)19-9-7-18(8-10-19)14-6-11-23(20,21)12-14/h13-15H,2-12H2,1H3,(H,17,22)/p+1/t13-,14-,15+/m1/s1. The Morgan fingerprint density at radius 3 is 2.48 bits per heavy atom. The van der Waals surface area contributed by atoms with Crippen LogP contribution in [0.15, 0.2) is 0 Å². The van der Waals surface area contributed by atoms with Crippen molar-refractivity contribution in [2.75, 3.05) is 37.7 Å². The van der Waals surface area contributed by atoms with E-state index in [-0.39, 0.29) is 0 Å². The normalized spacial score (nSPS) is 35.2. The second-order valence-electron chi connectivity index (χ2n) is 7.56. The Balaban J connectivity index is 1.46. The fraction of sp³-hybridized carbons (Fsp3) is 0.938. The van der Waals surface area contributed by atoms with Crippen LogP contribution in [0.5, 0.6) is 0 Å². The van der Waals surface area contributed by atoms with E-state index in [1.54, 1.807) is 0 Å². The van der Waals surface area contributed by atoms with Gasteiger partial charge in [0.15, 0.2) is 14.9 Å². The van der Waals surface area contributed by atoms with Crippen molar-refractivity contribution in [2.45, 2.75) is 51.1 Å². The minimum atomic E-state index is -2.77. The summed E-state index contributed by atoms with van der Waals surface area (Å²) in [5, 5.41) is 4.49. The van der Waals surface area contributed by atoms with Crippen LogP contribution in [0.4, 0.5) is 0 Å². The van der Waals surface area contributed by atoms with Crippen molar-refractivity contribution in [1.82, 2.24) is 10.2 Å². The predicted molar refractivity (Wildman–Crippen MR) is 96.5 cm³/mol. The summed E-state index contributed by atoms with van der Waals surface area (Å²) in [6.45, 7) is 6.21. The number of rotatable bonds is 2. The molecule has 23 heavy (non-hydrogen) atoms. The minimum absolute atomic E-state index is 0.307. The molecule has 0 aromatic rings. The summed E-state index contributed by atoms with van der Waals surface area (Å²) in [6.07, 6.45) is 6.01. The molecule has 2 N–H and O–H groups in total. The first-order chi connectivity index (χ1) is 10.9. The van der Waals surface area contributed by atoms with Gasteiger partial charge in [-0.25, -0.2) is 8.42 Å². The maximum Gasteiger partial charge on any atom is 0.169 e. The molecule has 0 amide bonds. The zero-order chi connectivity index (χ0) is 16.4. The number of nitrogens with one attached hydrogen (secondary N) is 2. The van der Waals surface area contributed by atoms with Crippen molar-refractivity contribution in [3.05, 3.63) is 0 Å². The zero-order valence-electron chi connectivity index (χ0n) is 14.1. The van der Waals surface area contributed by atoms with Gasteiger partial charge < -0.3 is 15.1 Å². The van der Waals surface area contributed by atoms with E-state index in [0.717, 1.165) is 37.7 Å². The van der Waals surface area contributed by atoms with Gasteiger partial charge in [0.05, 0.1) is 31.9 Å². The van der Waals surface area contributed by atoms with Crippen molar-refractivity contribution in [3.8, 4) is 0 Å². The molecule has 5 nitrogen and oxygen atoms in total. The summed E-state index contributed by atoms with van der Waals surface area (Å²) in [5.74, 6) is 1.46. The summed E-state index contributed by atoms with van der Waals surface area (Å²) < 4.78 is 23.3. The third-order valence-corrected chi connectivity index (χ3v) is 8.07. The number of thiocarbonyl (C=S) groups is 1. The highest BCUT2D eigenvalue weighted by molar-refractivity contribution is 7.91. The highest BCUT2D eigenvalue weighted by Gasteiger charge is 2.37. The van der Waals surface area contributed by atoms with Gasteiger partial charge in [-0.3, -0.25) is 0 Å². The van der Waals surface area contributed by atoms with Gasteiger partial charge in [0, 0.05) is 12.5 Å². The first kappa shape index (κ1) is 17.4. The monoisotopic (exact) mass is 360 g/mol. The lowest BCUT2D eigenvalue weighted by molar-refractivity contribution is -0.925. The van der Waals surface area contributed by atoms with E-state index in [1.165, 1.54) is 30.6 Å². The first-order valence-corrected chi connectivity index (χ1v) is 11.3. The fourth-order valence-electron chi connectivity index (χ4n) is 4.30. The summed E-state index contributed by atoms with van der Waals surface area (Å²) in [4.78, 5) is 3.74. The Morgan fingerprint density at radius 1 is 1.17 bits per heavy atom. The molecule has 132 valence electrons. The number of sulfone groups is 1. The van der Waals surface area contributed by atoms with Crippen LogP contribution in [0.1, 0.15) is 39.0 Å².